The topological polar surface area (TPSA) is 51.1 Å². The van der Waals surface area contributed by atoms with Crippen molar-refractivity contribution in [2.24, 2.45) is 7.05 Å². The maximum absolute atomic E-state index is 12.1. The molecule has 3 aromatic rings. The molecule has 124 valence electrons. The summed E-state index contributed by atoms with van der Waals surface area (Å²) in [6.45, 7) is 2.06. The van der Waals surface area contributed by atoms with Crippen molar-refractivity contribution in [1.29, 1.82) is 0 Å². The van der Waals surface area contributed by atoms with Gasteiger partial charge in [0.2, 0.25) is 5.91 Å². The van der Waals surface area contributed by atoms with Crippen molar-refractivity contribution in [1.82, 2.24) is 4.57 Å². The van der Waals surface area contributed by atoms with Gasteiger partial charge in [0.25, 0.3) is 0 Å². The van der Waals surface area contributed by atoms with Gasteiger partial charge in [-0.2, -0.15) is 0 Å². The monoisotopic (exact) mass is 358 g/mol. The van der Waals surface area contributed by atoms with Crippen LogP contribution in [0.4, 0.5) is 5.69 Å². The zero-order chi connectivity index (χ0) is 17.1. The summed E-state index contributed by atoms with van der Waals surface area (Å²) in [5.74, 6) is 1.18. The van der Waals surface area contributed by atoms with Gasteiger partial charge in [-0.05, 0) is 30.7 Å². The molecule has 0 radical (unpaired) electrons. The predicted octanol–water partition coefficient (Wildman–Crippen LogP) is 3.78. The number of hydrogen-bond donors (Lipinski definition) is 1. The highest BCUT2D eigenvalue weighted by Crippen LogP contribution is 2.21. The van der Waals surface area contributed by atoms with Gasteiger partial charge in [0.05, 0.1) is 16.0 Å². The fourth-order valence-electron chi connectivity index (χ4n) is 2.35. The Morgan fingerprint density at radius 1 is 1.21 bits per heavy atom. The third-order valence-corrected chi connectivity index (χ3v) is 5.70. The summed E-state index contributed by atoms with van der Waals surface area (Å²) < 4.78 is 2.50. The first-order valence-corrected chi connectivity index (χ1v) is 9.53. The second-order valence-corrected chi connectivity index (χ2v) is 7.61. The first-order valence-electron chi connectivity index (χ1n) is 7.55. The number of nitrogens with one attached hydrogen (secondary N) is 1. The molecule has 1 heterocycles. The highest BCUT2D eigenvalue weighted by atomic mass is 32.2. The second kappa shape index (κ2) is 7.23. The summed E-state index contributed by atoms with van der Waals surface area (Å²) in [4.78, 5) is 23.7. The SMILES string of the molecule is Cc1ccc(CSCC(=O)Nc2ccc3c(c2)sc(=O)n3C)cc1. The van der Waals surface area contributed by atoms with E-state index in [4.69, 9.17) is 0 Å². The Balaban J connectivity index is 1.56. The summed E-state index contributed by atoms with van der Waals surface area (Å²) in [5.41, 5.74) is 4.07. The minimum Gasteiger partial charge on any atom is -0.325 e. The number of carbonyl (C=O) groups excluding carboxylic acids is 1. The van der Waals surface area contributed by atoms with E-state index in [0.29, 0.717) is 5.75 Å². The van der Waals surface area contributed by atoms with Crippen molar-refractivity contribution in [3.8, 4) is 0 Å². The third kappa shape index (κ3) is 3.88. The van der Waals surface area contributed by atoms with Gasteiger partial charge < -0.3 is 9.88 Å². The molecule has 1 N–H and O–H groups in total. The van der Waals surface area contributed by atoms with Crippen LogP contribution in [0.15, 0.2) is 47.3 Å². The Morgan fingerprint density at radius 2 is 1.96 bits per heavy atom. The molecule has 0 aliphatic rings. The molecule has 0 unspecified atom stereocenters. The first kappa shape index (κ1) is 16.8. The molecule has 6 heteroatoms. The number of aromatic nitrogens is 1. The molecular weight excluding hydrogens is 340 g/mol. The minimum atomic E-state index is -0.0326. The highest BCUT2D eigenvalue weighted by molar-refractivity contribution is 7.99. The van der Waals surface area contributed by atoms with Crippen LogP contribution in [-0.2, 0) is 17.6 Å². The van der Waals surface area contributed by atoms with Crippen molar-refractivity contribution >= 4 is 44.9 Å². The van der Waals surface area contributed by atoms with Gasteiger partial charge in [-0.3, -0.25) is 9.59 Å². The van der Waals surface area contributed by atoms with Gasteiger partial charge in [-0.25, -0.2) is 0 Å². The minimum absolute atomic E-state index is 0.00197. The largest absolute Gasteiger partial charge is 0.325 e. The summed E-state index contributed by atoms with van der Waals surface area (Å²) in [7, 11) is 1.75. The summed E-state index contributed by atoms with van der Waals surface area (Å²) in [5, 5.41) is 2.89. The average molecular weight is 358 g/mol. The van der Waals surface area contributed by atoms with Crippen LogP contribution in [-0.4, -0.2) is 16.2 Å². The van der Waals surface area contributed by atoms with E-state index in [9.17, 15) is 9.59 Å². The van der Waals surface area contributed by atoms with Crippen LogP contribution in [0.1, 0.15) is 11.1 Å². The van der Waals surface area contributed by atoms with Gasteiger partial charge in [-0.15, -0.1) is 11.8 Å². The fraction of sp³-hybridized carbons (Fsp3) is 0.222. The van der Waals surface area contributed by atoms with Crippen LogP contribution in [0.2, 0.25) is 0 Å². The molecule has 4 nitrogen and oxygen atoms in total. The molecule has 1 aromatic heterocycles. The quantitative estimate of drug-likeness (QED) is 0.755. The number of aryl methyl sites for hydroxylation is 2. The van der Waals surface area contributed by atoms with Gasteiger partial charge in [0, 0.05) is 18.5 Å². The fourth-order valence-corrected chi connectivity index (χ4v) is 4.06. The van der Waals surface area contributed by atoms with Gasteiger partial charge in [0.1, 0.15) is 0 Å². The van der Waals surface area contributed by atoms with Crippen LogP contribution in [0.25, 0.3) is 10.2 Å². The van der Waals surface area contributed by atoms with Gasteiger partial charge >= 0.3 is 4.87 Å². The molecule has 2 aromatic carbocycles. The highest BCUT2D eigenvalue weighted by Gasteiger charge is 2.07. The van der Waals surface area contributed by atoms with Crippen molar-refractivity contribution in [2.75, 3.05) is 11.1 Å². The molecule has 3 rings (SSSR count). The average Bonchev–Trinajstić information content (AvgIpc) is 2.83. The predicted molar refractivity (Wildman–Crippen MR) is 103 cm³/mol. The van der Waals surface area contributed by atoms with E-state index in [1.165, 1.54) is 22.5 Å². The number of carbonyl (C=O) groups is 1. The van der Waals surface area contributed by atoms with E-state index < -0.39 is 0 Å². The Bertz CT molecular complexity index is 926. The molecule has 0 spiro atoms. The molecule has 1 amide bonds. The molecule has 0 aliphatic heterocycles. The summed E-state index contributed by atoms with van der Waals surface area (Å²) in [6, 6.07) is 13.9. The molecule has 0 bridgehead atoms. The molecule has 0 atom stereocenters. The van der Waals surface area contributed by atoms with E-state index in [2.05, 4.69) is 36.5 Å². The standard InChI is InChI=1S/C18H18N2O2S2/c1-12-3-5-13(6-4-12)10-23-11-17(21)19-14-7-8-15-16(9-14)24-18(22)20(15)2/h3-9H,10-11H2,1-2H3,(H,19,21). The van der Waals surface area contributed by atoms with Gasteiger partial charge in [0.15, 0.2) is 0 Å². The first-order chi connectivity index (χ1) is 11.5. The number of anilines is 1. The third-order valence-electron chi connectivity index (χ3n) is 3.70. The number of rotatable bonds is 5. The van der Waals surface area contributed by atoms with E-state index in [-0.39, 0.29) is 10.8 Å². The second-order valence-electron chi connectivity index (χ2n) is 5.64. The lowest BCUT2D eigenvalue weighted by Crippen LogP contribution is -2.14. The number of thioether (sulfide) groups is 1. The molecule has 0 fully saturated rings. The Morgan fingerprint density at radius 3 is 2.71 bits per heavy atom. The lowest BCUT2D eigenvalue weighted by molar-refractivity contribution is -0.113. The van der Waals surface area contributed by atoms with Crippen molar-refractivity contribution in [2.45, 2.75) is 12.7 Å². The maximum Gasteiger partial charge on any atom is 0.307 e. The van der Waals surface area contributed by atoms with E-state index in [1.54, 1.807) is 23.4 Å². The van der Waals surface area contributed by atoms with Crippen LogP contribution in [0.5, 0.6) is 0 Å². The maximum atomic E-state index is 12.1. The molecule has 24 heavy (non-hydrogen) atoms. The normalized spacial score (nSPS) is 10.9. The Hall–Kier alpha value is -2.05. The van der Waals surface area contributed by atoms with Gasteiger partial charge in [-0.1, -0.05) is 41.2 Å². The number of fused-ring (bicyclic) bond motifs is 1. The van der Waals surface area contributed by atoms with Crippen molar-refractivity contribution in [3.05, 3.63) is 63.3 Å². The Labute approximate surface area is 148 Å². The summed E-state index contributed by atoms with van der Waals surface area (Å²) >= 11 is 2.77. The van der Waals surface area contributed by atoms with Crippen LogP contribution >= 0.6 is 23.1 Å². The van der Waals surface area contributed by atoms with Crippen LogP contribution < -0.4 is 10.2 Å². The Kier molecular flexibility index (Phi) is 5.06. The number of amides is 1. The number of nitrogens with zero attached hydrogens (tertiary/aromatic N) is 1. The summed E-state index contributed by atoms with van der Waals surface area (Å²) in [6.07, 6.45) is 0. The molecule has 0 aliphatic carbocycles. The number of thiazole rings is 1. The lowest BCUT2D eigenvalue weighted by atomic mass is 10.2. The lowest BCUT2D eigenvalue weighted by Gasteiger charge is -2.06. The van der Waals surface area contributed by atoms with E-state index in [1.807, 2.05) is 18.2 Å². The smallest absolute Gasteiger partial charge is 0.307 e. The van der Waals surface area contributed by atoms with Crippen molar-refractivity contribution < 1.29 is 4.79 Å². The van der Waals surface area contributed by atoms with Crippen LogP contribution in [0.3, 0.4) is 0 Å². The van der Waals surface area contributed by atoms with Crippen molar-refractivity contribution in [3.63, 3.8) is 0 Å². The van der Waals surface area contributed by atoms with E-state index in [0.717, 1.165) is 21.7 Å². The number of benzene rings is 2. The van der Waals surface area contributed by atoms with Crippen LogP contribution in [0, 0.1) is 6.92 Å². The van der Waals surface area contributed by atoms with E-state index >= 15 is 0 Å². The molecule has 0 saturated carbocycles. The zero-order valence-corrected chi connectivity index (χ0v) is 15.2. The molecular formula is C18H18N2O2S2. The number of hydrogen-bond acceptors (Lipinski definition) is 4. The molecule has 0 saturated heterocycles. The zero-order valence-electron chi connectivity index (χ0n) is 13.5.